The highest BCUT2D eigenvalue weighted by atomic mass is 16.7. The SMILES string of the molecule is CCc1c(OC)ccnc1B1OC(C)(C)C(C)(C)O1. The Bertz CT molecular complexity index is 458. The average molecular weight is 263 g/mol. The molecule has 5 heteroatoms. The molecule has 1 aliphatic heterocycles. The first kappa shape index (κ1) is 14.3. The zero-order chi connectivity index (χ0) is 14.3. The fourth-order valence-corrected chi connectivity index (χ4v) is 2.19. The highest BCUT2D eigenvalue weighted by Gasteiger charge is 2.53. The topological polar surface area (TPSA) is 40.6 Å². The Balaban J connectivity index is 2.39. The van der Waals surface area contributed by atoms with Gasteiger partial charge in [-0.15, -0.1) is 0 Å². The fourth-order valence-electron chi connectivity index (χ4n) is 2.19. The van der Waals surface area contributed by atoms with E-state index in [0.717, 1.165) is 23.3 Å². The van der Waals surface area contributed by atoms with E-state index >= 15 is 0 Å². The Labute approximate surface area is 115 Å². The van der Waals surface area contributed by atoms with Crippen LogP contribution in [0.5, 0.6) is 5.75 Å². The summed E-state index contributed by atoms with van der Waals surface area (Å²) in [6, 6.07) is 1.87. The van der Waals surface area contributed by atoms with Crippen molar-refractivity contribution in [2.75, 3.05) is 7.11 Å². The van der Waals surface area contributed by atoms with Crippen LogP contribution in [0.2, 0.25) is 0 Å². The number of methoxy groups -OCH3 is 1. The smallest absolute Gasteiger partial charge is 0.496 e. The molecule has 0 aliphatic carbocycles. The van der Waals surface area contributed by atoms with E-state index in [1.54, 1.807) is 13.3 Å². The van der Waals surface area contributed by atoms with Crippen LogP contribution >= 0.6 is 0 Å². The van der Waals surface area contributed by atoms with E-state index in [1.807, 2.05) is 33.8 Å². The molecule has 0 bridgehead atoms. The lowest BCUT2D eigenvalue weighted by molar-refractivity contribution is 0.00578. The van der Waals surface area contributed by atoms with E-state index in [4.69, 9.17) is 14.0 Å². The Morgan fingerprint density at radius 1 is 1.21 bits per heavy atom. The summed E-state index contributed by atoms with van der Waals surface area (Å²) in [5.41, 5.74) is 1.16. The van der Waals surface area contributed by atoms with Crippen molar-refractivity contribution >= 4 is 12.7 Å². The Hall–Kier alpha value is -1.07. The van der Waals surface area contributed by atoms with Crippen LogP contribution in [0.25, 0.3) is 0 Å². The number of ether oxygens (including phenoxy) is 1. The van der Waals surface area contributed by atoms with Gasteiger partial charge in [-0.3, -0.25) is 4.98 Å². The molecule has 1 aromatic rings. The lowest BCUT2D eigenvalue weighted by Crippen LogP contribution is -2.41. The maximum atomic E-state index is 6.05. The molecule has 0 amide bonds. The minimum Gasteiger partial charge on any atom is -0.496 e. The fraction of sp³-hybridized carbons (Fsp3) is 0.643. The van der Waals surface area contributed by atoms with Gasteiger partial charge < -0.3 is 14.0 Å². The predicted molar refractivity (Wildman–Crippen MR) is 75.9 cm³/mol. The maximum Gasteiger partial charge on any atom is 0.514 e. The van der Waals surface area contributed by atoms with Gasteiger partial charge in [0.15, 0.2) is 0 Å². The number of pyridine rings is 1. The molecule has 0 N–H and O–H groups in total. The molecular weight excluding hydrogens is 241 g/mol. The summed E-state index contributed by atoms with van der Waals surface area (Å²) in [7, 11) is 1.23. The normalized spacial score (nSPS) is 20.6. The molecule has 1 aliphatic rings. The van der Waals surface area contributed by atoms with Gasteiger partial charge in [-0.1, -0.05) is 6.92 Å². The van der Waals surface area contributed by atoms with Crippen molar-refractivity contribution in [2.24, 2.45) is 0 Å². The number of hydrogen-bond acceptors (Lipinski definition) is 4. The van der Waals surface area contributed by atoms with Crippen LogP contribution in [0.1, 0.15) is 40.2 Å². The highest BCUT2D eigenvalue weighted by Crippen LogP contribution is 2.36. The second-order valence-corrected chi connectivity index (χ2v) is 5.82. The summed E-state index contributed by atoms with van der Waals surface area (Å²) in [6.07, 6.45) is 2.56. The van der Waals surface area contributed by atoms with Gasteiger partial charge in [0.05, 0.1) is 23.9 Å². The van der Waals surface area contributed by atoms with E-state index in [2.05, 4.69) is 11.9 Å². The number of nitrogens with zero attached hydrogens (tertiary/aromatic N) is 1. The third-order valence-corrected chi connectivity index (χ3v) is 4.10. The van der Waals surface area contributed by atoms with Crippen molar-refractivity contribution in [1.82, 2.24) is 4.98 Å². The summed E-state index contributed by atoms with van der Waals surface area (Å²) in [5, 5.41) is 0. The van der Waals surface area contributed by atoms with Crippen LogP contribution in [-0.2, 0) is 15.7 Å². The van der Waals surface area contributed by atoms with Crippen LogP contribution < -0.4 is 10.3 Å². The van der Waals surface area contributed by atoms with Crippen molar-refractivity contribution in [3.63, 3.8) is 0 Å². The molecule has 1 aromatic heterocycles. The molecule has 19 heavy (non-hydrogen) atoms. The van der Waals surface area contributed by atoms with Gasteiger partial charge in [0, 0.05) is 11.8 Å². The van der Waals surface area contributed by atoms with E-state index in [-0.39, 0.29) is 11.2 Å². The second kappa shape index (κ2) is 4.80. The van der Waals surface area contributed by atoms with E-state index in [1.165, 1.54) is 0 Å². The van der Waals surface area contributed by atoms with Gasteiger partial charge in [0.2, 0.25) is 0 Å². The molecular formula is C14H22BNO3. The Morgan fingerprint density at radius 3 is 2.26 bits per heavy atom. The standard InChI is InChI=1S/C14H22BNO3/c1-7-10-11(17-6)8-9-16-12(10)15-18-13(2,3)14(4,5)19-15/h8-9H,7H2,1-6H3. The van der Waals surface area contributed by atoms with Crippen LogP contribution in [0.15, 0.2) is 12.3 Å². The first-order valence-electron chi connectivity index (χ1n) is 6.70. The number of hydrogen-bond donors (Lipinski definition) is 0. The minimum atomic E-state index is -0.435. The zero-order valence-electron chi connectivity index (χ0n) is 12.6. The predicted octanol–water partition coefficient (Wildman–Crippen LogP) is 1.95. The summed E-state index contributed by atoms with van der Waals surface area (Å²) in [5.74, 6) is 0.835. The molecule has 0 saturated carbocycles. The van der Waals surface area contributed by atoms with Gasteiger partial charge in [0.1, 0.15) is 5.75 Å². The zero-order valence-corrected chi connectivity index (χ0v) is 12.6. The Kier molecular flexibility index (Phi) is 3.62. The van der Waals surface area contributed by atoms with Crippen molar-refractivity contribution in [3.8, 4) is 5.75 Å². The van der Waals surface area contributed by atoms with Crippen LogP contribution in [-0.4, -0.2) is 30.4 Å². The molecule has 0 atom stereocenters. The monoisotopic (exact) mass is 263 g/mol. The quantitative estimate of drug-likeness (QED) is 0.781. The summed E-state index contributed by atoms with van der Waals surface area (Å²) >= 11 is 0. The average Bonchev–Trinajstić information content (AvgIpc) is 2.57. The summed E-state index contributed by atoms with van der Waals surface area (Å²) in [4.78, 5) is 4.44. The largest absolute Gasteiger partial charge is 0.514 e. The van der Waals surface area contributed by atoms with E-state index < -0.39 is 7.12 Å². The Morgan fingerprint density at radius 2 is 1.79 bits per heavy atom. The second-order valence-electron chi connectivity index (χ2n) is 5.82. The lowest BCUT2D eigenvalue weighted by atomic mass is 9.80. The third-order valence-electron chi connectivity index (χ3n) is 4.10. The van der Waals surface area contributed by atoms with Gasteiger partial charge in [-0.05, 0) is 40.2 Å². The van der Waals surface area contributed by atoms with E-state index in [9.17, 15) is 0 Å². The maximum absolute atomic E-state index is 6.05. The molecule has 0 unspecified atom stereocenters. The van der Waals surface area contributed by atoms with Crippen LogP contribution in [0.3, 0.4) is 0 Å². The summed E-state index contributed by atoms with van der Waals surface area (Å²) < 4.78 is 17.5. The molecule has 0 radical (unpaired) electrons. The van der Waals surface area contributed by atoms with Gasteiger partial charge in [-0.2, -0.15) is 0 Å². The molecule has 2 heterocycles. The third kappa shape index (κ3) is 2.37. The van der Waals surface area contributed by atoms with Crippen molar-refractivity contribution < 1.29 is 14.0 Å². The van der Waals surface area contributed by atoms with Crippen molar-refractivity contribution in [3.05, 3.63) is 17.8 Å². The molecule has 1 fully saturated rings. The van der Waals surface area contributed by atoms with Gasteiger partial charge >= 0.3 is 7.12 Å². The lowest BCUT2D eigenvalue weighted by Gasteiger charge is -2.32. The first-order valence-corrected chi connectivity index (χ1v) is 6.70. The summed E-state index contributed by atoms with van der Waals surface area (Å²) in [6.45, 7) is 10.2. The molecule has 0 aromatic carbocycles. The number of rotatable bonds is 3. The minimum absolute atomic E-state index is 0.354. The van der Waals surface area contributed by atoms with E-state index in [0.29, 0.717) is 0 Å². The molecule has 104 valence electrons. The number of aromatic nitrogens is 1. The van der Waals surface area contributed by atoms with Gasteiger partial charge in [0.25, 0.3) is 0 Å². The van der Waals surface area contributed by atoms with Crippen LogP contribution in [0.4, 0.5) is 0 Å². The molecule has 1 saturated heterocycles. The van der Waals surface area contributed by atoms with Crippen molar-refractivity contribution in [1.29, 1.82) is 0 Å². The van der Waals surface area contributed by atoms with Crippen LogP contribution in [0, 0.1) is 0 Å². The van der Waals surface area contributed by atoms with Gasteiger partial charge in [-0.25, -0.2) is 0 Å². The first-order chi connectivity index (χ1) is 8.82. The molecule has 2 rings (SSSR count). The highest BCUT2D eigenvalue weighted by molar-refractivity contribution is 6.61. The molecule has 0 spiro atoms. The molecule has 4 nitrogen and oxygen atoms in total. The van der Waals surface area contributed by atoms with Crippen molar-refractivity contribution in [2.45, 2.75) is 52.2 Å².